The van der Waals surface area contributed by atoms with Crippen molar-refractivity contribution in [2.45, 2.75) is 38.3 Å². The van der Waals surface area contributed by atoms with Crippen molar-refractivity contribution < 1.29 is 9.53 Å². The van der Waals surface area contributed by atoms with Crippen molar-refractivity contribution in [3.63, 3.8) is 0 Å². The van der Waals surface area contributed by atoms with E-state index in [1.54, 1.807) is 18.0 Å². The molecule has 2 amide bonds. The lowest BCUT2D eigenvalue weighted by atomic mass is 9.96. The Labute approximate surface area is 148 Å². The van der Waals surface area contributed by atoms with Crippen molar-refractivity contribution in [3.8, 4) is 0 Å². The molecular weight excluding hydrogens is 316 g/mol. The lowest BCUT2D eigenvalue weighted by molar-refractivity contribution is 0.162. The number of methoxy groups -OCH3 is 1. The second-order valence-electron chi connectivity index (χ2n) is 6.45. The Kier molecular flexibility index (Phi) is 6.06. The second kappa shape index (κ2) is 8.67. The Bertz CT molecular complexity index is 671. The number of piperidine rings is 1. The Balaban J connectivity index is 1.61. The van der Waals surface area contributed by atoms with E-state index in [1.807, 2.05) is 17.2 Å². The molecule has 1 aliphatic rings. The number of nitrogens with zero attached hydrogens (tertiary/aromatic N) is 3. The maximum atomic E-state index is 12.7. The zero-order valence-electron chi connectivity index (χ0n) is 14.7. The van der Waals surface area contributed by atoms with E-state index < -0.39 is 0 Å². The van der Waals surface area contributed by atoms with Gasteiger partial charge in [-0.25, -0.2) is 4.79 Å². The number of hydrogen-bond acceptors (Lipinski definition) is 3. The van der Waals surface area contributed by atoms with Crippen molar-refractivity contribution in [3.05, 3.63) is 48.3 Å². The Morgan fingerprint density at radius 3 is 2.96 bits per heavy atom. The SMILES string of the molecule is COCCn1cc(NC(=O)N2CCCC[C@@H]2Cc2ccccc2)cn1. The summed E-state index contributed by atoms with van der Waals surface area (Å²) in [6.07, 6.45) is 7.72. The number of urea groups is 1. The molecule has 3 rings (SSSR count). The number of carbonyl (C=O) groups excluding carboxylic acids is 1. The lowest BCUT2D eigenvalue weighted by Gasteiger charge is -2.35. The molecule has 134 valence electrons. The third-order valence-electron chi connectivity index (χ3n) is 4.61. The first-order valence-corrected chi connectivity index (χ1v) is 8.89. The van der Waals surface area contributed by atoms with Gasteiger partial charge in [0.15, 0.2) is 0 Å². The Morgan fingerprint density at radius 1 is 1.32 bits per heavy atom. The van der Waals surface area contributed by atoms with E-state index >= 15 is 0 Å². The predicted molar refractivity (Wildman–Crippen MR) is 97.6 cm³/mol. The maximum Gasteiger partial charge on any atom is 0.322 e. The van der Waals surface area contributed by atoms with E-state index in [2.05, 4.69) is 34.7 Å². The monoisotopic (exact) mass is 342 g/mol. The summed E-state index contributed by atoms with van der Waals surface area (Å²) in [5.41, 5.74) is 2.00. The third-order valence-corrected chi connectivity index (χ3v) is 4.61. The summed E-state index contributed by atoms with van der Waals surface area (Å²) in [5, 5.41) is 7.23. The van der Waals surface area contributed by atoms with Crippen LogP contribution in [0.3, 0.4) is 0 Å². The van der Waals surface area contributed by atoms with Crippen LogP contribution in [0.1, 0.15) is 24.8 Å². The van der Waals surface area contributed by atoms with Crippen LogP contribution in [0.2, 0.25) is 0 Å². The highest BCUT2D eigenvalue weighted by molar-refractivity contribution is 5.89. The fourth-order valence-corrected chi connectivity index (χ4v) is 3.30. The molecule has 6 heteroatoms. The van der Waals surface area contributed by atoms with Crippen LogP contribution in [0.4, 0.5) is 10.5 Å². The third kappa shape index (κ3) is 4.82. The molecule has 2 heterocycles. The fraction of sp³-hybridized carbons (Fsp3) is 0.474. The molecule has 1 aliphatic heterocycles. The topological polar surface area (TPSA) is 59.4 Å². The minimum absolute atomic E-state index is 0.0353. The molecule has 2 aromatic rings. The predicted octanol–water partition coefficient (Wildman–Crippen LogP) is 3.16. The van der Waals surface area contributed by atoms with Crippen LogP contribution in [0, 0.1) is 0 Å². The molecule has 0 unspecified atom stereocenters. The smallest absolute Gasteiger partial charge is 0.322 e. The molecule has 1 saturated heterocycles. The number of aromatic nitrogens is 2. The minimum Gasteiger partial charge on any atom is -0.383 e. The molecule has 6 nitrogen and oxygen atoms in total. The molecule has 0 bridgehead atoms. The molecule has 1 aromatic heterocycles. The first kappa shape index (κ1) is 17.5. The largest absolute Gasteiger partial charge is 0.383 e. The zero-order chi connectivity index (χ0) is 17.5. The highest BCUT2D eigenvalue weighted by atomic mass is 16.5. The van der Waals surface area contributed by atoms with Crippen LogP contribution >= 0.6 is 0 Å². The van der Waals surface area contributed by atoms with Gasteiger partial charge in [0.1, 0.15) is 0 Å². The summed E-state index contributed by atoms with van der Waals surface area (Å²) in [6, 6.07) is 10.6. The van der Waals surface area contributed by atoms with Crippen molar-refractivity contribution in [2.75, 3.05) is 25.6 Å². The molecular formula is C19H26N4O2. The van der Waals surface area contributed by atoms with E-state index in [-0.39, 0.29) is 12.1 Å². The number of hydrogen-bond donors (Lipinski definition) is 1. The van der Waals surface area contributed by atoms with E-state index in [4.69, 9.17) is 4.74 Å². The van der Waals surface area contributed by atoms with Gasteiger partial charge in [-0.3, -0.25) is 4.68 Å². The number of anilines is 1. The lowest BCUT2D eigenvalue weighted by Crippen LogP contribution is -2.46. The molecule has 25 heavy (non-hydrogen) atoms. The van der Waals surface area contributed by atoms with E-state index in [0.29, 0.717) is 13.2 Å². The number of rotatable bonds is 6. The minimum atomic E-state index is -0.0353. The second-order valence-corrected chi connectivity index (χ2v) is 6.45. The van der Waals surface area contributed by atoms with Crippen LogP contribution in [0.5, 0.6) is 0 Å². The summed E-state index contributed by atoms with van der Waals surface area (Å²) in [5.74, 6) is 0. The summed E-state index contributed by atoms with van der Waals surface area (Å²) < 4.78 is 6.82. The number of benzene rings is 1. The van der Waals surface area contributed by atoms with Gasteiger partial charge in [0.2, 0.25) is 0 Å². The first-order valence-electron chi connectivity index (χ1n) is 8.89. The number of nitrogens with one attached hydrogen (secondary N) is 1. The summed E-state index contributed by atoms with van der Waals surface area (Å²) in [7, 11) is 1.66. The van der Waals surface area contributed by atoms with E-state index in [1.165, 1.54) is 12.0 Å². The van der Waals surface area contributed by atoms with Gasteiger partial charge in [-0.15, -0.1) is 0 Å². The van der Waals surface area contributed by atoms with Gasteiger partial charge in [-0.2, -0.15) is 5.10 Å². The van der Waals surface area contributed by atoms with Gasteiger partial charge >= 0.3 is 6.03 Å². The average molecular weight is 342 g/mol. The molecule has 1 aromatic carbocycles. The summed E-state index contributed by atoms with van der Waals surface area (Å²) in [4.78, 5) is 14.7. The van der Waals surface area contributed by atoms with E-state index in [0.717, 1.165) is 31.5 Å². The zero-order valence-corrected chi connectivity index (χ0v) is 14.7. The van der Waals surface area contributed by atoms with Crippen LogP contribution in [-0.2, 0) is 17.7 Å². The molecule has 0 radical (unpaired) electrons. The van der Waals surface area contributed by atoms with Crippen LogP contribution < -0.4 is 5.32 Å². The number of amides is 2. The van der Waals surface area contributed by atoms with Gasteiger partial charge < -0.3 is 15.0 Å². The molecule has 0 aliphatic carbocycles. The molecule has 1 fully saturated rings. The molecule has 0 saturated carbocycles. The van der Waals surface area contributed by atoms with Crippen molar-refractivity contribution in [1.29, 1.82) is 0 Å². The van der Waals surface area contributed by atoms with Gasteiger partial charge in [0, 0.05) is 25.9 Å². The normalized spacial score (nSPS) is 17.5. The quantitative estimate of drug-likeness (QED) is 0.877. The number of likely N-dealkylation sites (tertiary alicyclic amines) is 1. The van der Waals surface area contributed by atoms with Crippen LogP contribution in [-0.4, -0.2) is 47.0 Å². The highest BCUT2D eigenvalue weighted by Gasteiger charge is 2.27. The number of ether oxygens (including phenoxy) is 1. The van der Waals surface area contributed by atoms with Gasteiger partial charge in [-0.05, 0) is 31.2 Å². The first-order chi connectivity index (χ1) is 12.3. The van der Waals surface area contributed by atoms with Gasteiger partial charge in [0.05, 0.1) is 25.0 Å². The standard InChI is InChI=1S/C19H26N4O2/c1-25-12-11-22-15-17(14-20-22)21-19(24)23-10-6-5-9-18(23)13-16-7-3-2-4-8-16/h2-4,7-8,14-15,18H,5-6,9-13H2,1H3,(H,21,24)/t18-/m1/s1. The van der Waals surface area contributed by atoms with Crippen molar-refractivity contribution >= 4 is 11.7 Å². The van der Waals surface area contributed by atoms with E-state index in [9.17, 15) is 4.79 Å². The molecule has 0 spiro atoms. The number of carbonyl (C=O) groups is 1. The average Bonchev–Trinajstić information content (AvgIpc) is 3.08. The fourth-order valence-electron chi connectivity index (χ4n) is 3.30. The van der Waals surface area contributed by atoms with Crippen LogP contribution in [0.15, 0.2) is 42.7 Å². The van der Waals surface area contributed by atoms with Gasteiger partial charge in [-0.1, -0.05) is 30.3 Å². The molecule has 1 N–H and O–H groups in total. The maximum absolute atomic E-state index is 12.7. The van der Waals surface area contributed by atoms with Gasteiger partial charge in [0.25, 0.3) is 0 Å². The van der Waals surface area contributed by atoms with Crippen molar-refractivity contribution in [2.24, 2.45) is 0 Å². The van der Waals surface area contributed by atoms with Crippen LogP contribution in [0.25, 0.3) is 0 Å². The summed E-state index contributed by atoms with van der Waals surface area (Å²) >= 11 is 0. The molecule has 1 atom stereocenters. The van der Waals surface area contributed by atoms with Crippen molar-refractivity contribution in [1.82, 2.24) is 14.7 Å². The highest BCUT2D eigenvalue weighted by Crippen LogP contribution is 2.22. The Morgan fingerprint density at radius 2 is 2.16 bits per heavy atom. The summed E-state index contributed by atoms with van der Waals surface area (Å²) in [6.45, 7) is 2.08. The Hall–Kier alpha value is -2.34.